The van der Waals surface area contributed by atoms with Crippen molar-refractivity contribution in [2.45, 2.75) is 19.3 Å². The third-order valence-corrected chi connectivity index (χ3v) is 2.87. The van der Waals surface area contributed by atoms with E-state index < -0.39 is 5.97 Å². The van der Waals surface area contributed by atoms with Crippen molar-refractivity contribution in [1.29, 1.82) is 0 Å². The van der Waals surface area contributed by atoms with Gasteiger partial charge in [0.25, 0.3) is 0 Å². The summed E-state index contributed by atoms with van der Waals surface area (Å²) in [6.07, 6.45) is 6.38. The first-order valence-electron chi connectivity index (χ1n) is 6.05. The summed E-state index contributed by atoms with van der Waals surface area (Å²) >= 11 is 0. The lowest BCUT2D eigenvalue weighted by atomic mass is 10.0. The molecule has 0 fully saturated rings. The quantitative estimate of drug-likeness (QED) is 0.792. The van der Waals surface area contributed by atoms with E-state index in [1.807, 2.05) is 0 Å². The third kappa shape index (κ3) is 4.47. The van der Waals surface area contributed by atoms with Crippen LogP contribution in [0.1, 0.15) is 28.8 Å². The molecular weight excluding hydrogens is 242 g/mol. The van der Waals surface area contributed by atoms with Gasteiger partial charge in [-0.3, -0.25) is 4.79 Å². The largest absolute Gasteiger partial charge is 0.478 e. The van der Waals surface area contributed by atoms with Crippen LogP contribution in [0.2, 0.25) is 0 Å². The van der Waals surface area contributed by atoms with Gasteiger partial charge in [0, 0.05) is 26.4 Å². The lowest BCUT2D eigenvalue weighted by Gasteiger charge is -2.17. The molecule has 0 aromatic heterocycles. The van der Waals surface area contributed by atoms with Crippen LogP contribution in [-0.2, 0) is 11.2 Å². The molecule has 19 heavy (non-hydrogen) atoms. The molecule has 0 radical (unpaired) electrons. The molecule has 0 heterocycles. The molecule has 4 nitrogen and oxygen atoms in total. The van der Waals surface area contributed by atoms with E-state index >= 15 is 0 Å². The molecule has 100 valence electrons. The van der Waals surface area contributed by atoms with Gasteiger partial charge >= 0.3 is 5.97 Å². The van der Waals surface area contributed by atoms with Crippen LogP contribution in [0.25, 0.3) is 0 Å². The number of rotatable bonds is 6. The number of carbonyl (C=O) groups excluding carboxylic acids is 1. The molecule has 1 N–H and O–H groups in total. The smallest absolute Gasteiger partial charge is 0.335 e. The number of hydrogen-bond donors (Lipinski definition) is 1. The Morgan fingerprint density at radius 3 is 2.68 bits per heavy atom. The molecule has 0 saturated carbocycles. The molecule has 1 aromatic carbocycles. The van der Waals surface area contributed by atoms with Crippen molar-refractivity contribution in [1.82, 2.24) is 4.90 Å². The van der Waals surface area contributed by atoms with Gasteiger partial charge in [0.15, 0.2) is 0 Å². The second-order valence-electron chi connectivity index (χ2n) is 4.23. The highest BCUT2D eigenvalue weighted by atomic mass is 16.4. The highest BCUT2D eigenvalue weighted by Gasteiger charge is 2.11. The summed E-state index contributed by atoms with van der Waals surface area (Å²) in [5, 5.41) is 9.05. The Hall–Kier alpha value is -2.28. The minimum absolute atomic E-state index is 0.0224. The number of nitrogens with zero attached hydrogens (tertiary/aromatic N) is 1. The maximum absolute atomic E-state index is 11.7. The van der Waals surface area contributed by atoms with E-state index in [0.717, 1.165) is 5.56 Å². The average molecular weight is 259 g/mol. The second-order valence-corrected chi connectivity index (χ2v) is 4.23. The number of likely N-dealkylation sites (N-methyl/N-ethyl adjacent to an activating group) is 1. The molecule has 0 spiro atoms. The molecular formula is C15H17NO3. The van der Waals surface area contributed by atoms with Crippen molar-refractivity contribution in [2.24, 2.45) is 0 Å². The standard InChI is InChI=1S/C15H17NO3/c1-3-4-9-14(17)16(2)11-10-12-7-5-6-8-13(12)15(18)19/h1,5-8H,4,9-11H2,2H3,(H,18,19). The minimum Gasteiger partial charge on any atom is -0.478 e. The van der Waals surface area contributed by atoms with E-state index in [4.69, 9.17) is 11.5 Å². The van der Waals surface area contributed by atoms with Crippen LogP contribution >= 0.6 is 0 Å². The van der Waals surface area contributed by atoms with Crippen LogP contribution in [0.15, 0.2) is 24.3 Å². The maximum Gasteiger partial charge on any atom is 0.335 e. The number of benzene rings is 1. The van der Waals surface area contributed by atoms with Gasteiger partial charge in [0.2, 0.25) is 5.91 Å². The first kappa shape index (κ1) is 14.8. The third-order valence-electron chi connectivity index (χ3n) is 2.87. The second kappa shape index (κ2) is 7.22. The van der Waals surface area contributed by atoms with Gasteiger partial charge in [0.1, 0.15) is 0 Å². The van der Waals surface area contributed by atoms with Crippen molar-refractivity contribution >= 4 is 11.9 Å². The van der Waals surface area contributed by atoms with Gasteiger partial charge < -0.3 is 10.0 Å². The van der Waals surface area contributed by atoms with E-state index in [-0.39, 0.29) is 11.5 Å². The number of carbonyl (C=O) groups is 2. The van der Waals surface area contributed by atoms with E-state index in [1.165, 1.54) is 0 Å². The molecule has 4 heteroatoms. The Bertz CT molecular complexity index is 502. The fraction of sp³-hybridized carbons (Fsp3) is 0.333. The van der Waals surface area contributed by atoms with Gasteiger partial charge in [0.05, 0.1) is 5.56 Å². The minimum atomic E-state index is -0.947. The van der Waals surface area contributed by atoms with Crippen LogP contribution in [0.3, 0.4) is 0 Å². The first-order chi connectivity index (χ1) is 9.06. The van der Waals surface area contributed by atoms with Crippen molar-refractivity contribution in [3.8, 4) is 12.3 Å². The lowest BCUT2D eigenvalue weighted by Crippen LogP contribution is -2.28. The fourth-order valence-electron chi connectivity index (χ4n) is 1.73. The molecule has 0 aliphatic heterocycles. The molecule has 0 saturated heterocycles. The van der Waals surface area contributed by atoms with E-state index in [9.17, 15) is 9.59 Å². The number of hydrogen-bond acceptors (Lipinski definition) is 2. The zero-order chi connectivity index (χ0) is 14.3. The van der Waals surface area contributed by atoms with Crippen molar-refractivity contribution in [3.05, 3.63) is 35.4 Å². The Labute approximate surface area is 113 Å². The molecule has 1 aromatic rings. The van der Waals surface area contributed by atoms with E-state index in [2.05, 4.69) is 5.92 Å². The van der Waals surface area contributed by atoms with Crippen LogP contribution in [0.4, 0.5) is 0 Å². The zero-order valence-electron chi connectivity index (χ0n) is 10.9. The summed E-state index contributed by atoms with van der Waals surface area (Å²) in [6.45, 7) is 0.480. The predicted octanol–water partition coefficient (Wildman–Crippen LogP) is 1.80. The van der Waals surface area contributed by atoms with E-state index in [1.54, 1.807) is 36.2 Å². The highest BCUT2D eigenvalue weighted by molar-refractivity contribution is 5.89. The van der Waals surface area contributed by atoms with Crippen molar-refractivity contribution < 1.29 is 14.7 Å². The molecule has 0 aliphatic carbocycles. The number of carboxylic acid groups (broad SMARTS) is 1. The zero-order valence-corrected chi connectivity index (χ0v) is 10.9. The molecule has 1 amide bonds. The van der Waals surface area contributed by atoms with E-state index in [0.29, 0.717) is 25.8 Å². The summed E-state index contributed by atoms with van der Waals surface area (Å²) in [5.74, 6) is 1.46. The molecule has 0 aliphatic rings. The number of amides is 1. The first-order valence-corrected chi connectivity index (χ1v) is 6.05. The predicted molar refractivity (Wildman–Crippen MR) is 72.8 cm³/mol. The SMILES string of the molecule is C#CCCC(=O)N(C)CCc1ccccc1C(=O)O. The number of carboxylic acids is 1. The van der Waals surface area contributed by atoms with Crippen LogP contribution < -0.4 is 0 Å². The van der Waals surface area contributed by atoms with Gasteiger partial charge in [-0.15, -0.1) is 12.3 Å². The highest BCUT2D eigenvalue weighted by Crippen LogP contribution is 2.10. The Morgan fingerprint density at radius 1 is 1.37 bits per heavy atom. The molecule has 0 bridgehead atoms. The lowest BCUT2D eigenvalue weighted by molar-refractivity contribution is -0.129. The summed E-state index contributed by atoms with van der Waals surface area (Å²) in [7, 11) is 1.70. The van der Waals surface area contributed by atoms with Gasteiger partial charge in [-0.05, 0) is 18.1 Å². The topological polar surface area (TPSA) is 57.6 Å². The summed E-state index contributed by atoms with van der Waals surface area (Å²) in [4.78, 5) is 24.3. The van der Waals surface area contributed by atoms with Crippen molar-refractivity contribution in [2.75, 3.05) is 13.6 Å². The van der Waals surface area contributed by atoms with Gasteiger partial charge in [-0.25, -0.2) is 4.79 Å². The van der Waals surface area contributed by atoms with Crippen LogP contribution in [0, 0.1) is 12.3 Å². The fourth-order valence-corrected chi connectivity index (χ4v) is 1.73. The Kier molecular flexibility index (Phi) is 5.62. The monoisotopic (exact) mass is 259 g/mol. The summed E-state index contributed by atoms with van der Waals surface area (Å²) in [5.41, 5.74) is 1.01. The van der Waals surface area contributed by atoms with Crippen molar-refractivity contribution in [3.63, 3.8) is 0 Å². The normalized spacial score (nSPS) is 9.68. The Morgan fingerprint density at radius 2 is 2.05 bits per heavy atom. The molecule has 0 atom stereocenters. The summed E-state index contributed by atoms with van der Waals surface area (Å²) < 4.78 is 0. The Balaban J connectivity index is 2.60. The van der Waals surface area contributed by atoms with Gasteiger partial charge in [-0.2, -0.15) is 0 Å². The average Bonchev–Trinajstić information content (AvgIpc) is 2.42. The number of terminal acetylenes is 1. The van der Waals surface area contributed by atoms with Crippen LogP contribution in [-0.4, -0.2) is 35.5 Å². The van der Waals surface area contributed by atoms with Gasteiger partial charge in [-0.1, -0.05) is 18.2 Å². The molecule has 1 rings (SSSR count). The van der Waals surface area contributed by atoms with Crippen LogP contribution in [0.5, 0.6) is 0 Å². The molecule has 0 unspecified atom stereocenters. The maximum atomic E-state index is 11.7. The number of aromatic carboxylic acids is 1. The summed E-state index contributed by atoms with van der Waals surface area (Å²) in [6, 6.07) is 6.82.